The number of carbonyl (C=O) groups excluding carboxylic acids is 1. The molecule has 1 aliphatic rings. The van der Waals surface area contributed by atoms with Crippen molar-refractivity contribution in [1.29, 1.82) is 0 Å². The summed E-state index contributed by atoms with van der Waals surface area (Å²) in [7, 11) is 0. The summed E-state index contributed by atoms with van der Waals surface area (Å²) in [6.45, 7) is 3.21. The molecule has 4 rings (SSSR count). The molecular weight excluding hydrogens is 401 g/mol. The van der Waals surface area contributed by atoms with E-state index in [-0.39, 0.29) is 17.6 Å². The molecule has 0 aliphatic carbocycles. The van der Waals surface area contributed by atoms with E-state index in [4.69, 9.17) is 27.6 Å². The van der Waals surface area contributed by atoms with Gasteiger partial charge >= 0.3 is 0 Å². The molecule has 1 aliphatic heterocycles. The second-order valence-corrected chi connectivity index (χ2v) is 7.48. The van der Waals surface area contributed by atoms with Gasteiger partial charge in [-0.3, -0.25) is 15.0 Å². The third kappa shape index (κ3) is 4.38. The Morgan fingerprint density at radius 3 is 2.61 bits per heavy atom. The smallest absolute Gasteiger partial charge is 0.293 e. The maximum Gasteiger partial charge on any atom is 0.293 e. The average Bonchev–Trinajstić information content (AvgIpc) is 3.41. The highest BCUT2D eigenvalue weighted by atomic mass is 35.5. The van der Waals surface area contributed by atoms with Crippen LogP contribution >= 0.6 is 23.2 Å². The SMILES string of the molecule is O=C(Nc1ncn(Cc2c(Cl)cccc2Cl)n1)c1ccc(CN2CCCC2)o1. The molecule has 3 aromatic rings. The van der Waals surface area contributed by atoms with Crippen LogP contribution in [-0.2, 0) is 13.1 Å². The first kappa shape index (κ1) is 19.0. The predicted octanol–water partition coefficient (Wildman–Crippen LogP) is 4.07. The zero-order valence-electron chi connectivity index (χ0n) is 15.1. The topological polar surface area (TPSA) is 76.2 Å². The largest absolute Gasteiger partial charge is 0.455 e. The van der Waals surface area contributed by atoms with Crippen molar-refractivity contribution < 1.29 is 9.21 Å². The van der Waals surface area contributed by atoms with E-state index in [1.54, 1.807) is 28.9 Å². The number of aromatic nitrogens is 3. The molecule has 0 radical (unpaired) electrons. The molecule has 146 valence electrons. The van der Waals surface area contributed by atoms with Gasteiger partial charge < -0.3 is 4.42 Å². The van der Waals surface area contributed by atoms with Crippen molar-refractivity contribution in [3.8, 4) is 0 Å². The van der Waals surface area contributed by atoms with Crippen molar-refractivity contribution in [3.63, 3.8) is 0 Å². The summed E-state index contributed by atoms with van der Waals surface area (Å²) in [5.74, 6) is 0.811. The zero-order chi connectivity index (χ0) is 19.5. The van der Waals surface area contributed by atoms with Crippen LogP contribution in [0.25, 0.3) is 0 Å². The first-order valence-corrected chi connectivity index (χ1v) is 9.79. The maximum absolute atomic E-state index is 12.4. The van der Waals surface area contributed by atoms with Crippen molar-refractivity contribution >= 4 is 35.1 Å². The normalized spacial score (nSPS) is 14.5. The van der Waals surface area contributed by atoms with E-state index in [1.807, 2.05) is 6.07 Å². The van der Waals surface area contributed by atoms with Crippen LogP contribution < -0.4 is 5.32 Å². The van der Waals surface area contributed by atoms with E-state index in [0.29, 0.717) is 16.6 Å². The molecule has 1 amide bonds. The number of anilines is 1. The van der Waals surface area contributed by atoms with E-state index in [0.717, 1.165) is 31.0 Å². The van der Waals surface area contributed by atoms with Crippen molar-refractivity contribution in [2.75, 3.05) is 18.4 Å². The van der Waals surface area contributed by atoms with Crippen LogP contribution in [0.1, 0.15) is 34.7 Å². The quantitative estimate of drug-likeness (QED) is 0.651. The van der Waals surface area contributed by atoms with Crippen LogP contribution in [0.5, 0.6) is 0 Å². The van der Waals surface area contributed by atoms with E-state index in [9.17, 15) is 4.79 Å². The van der Waals surface area contributed by atoms with Gasteiger partial charge in [-0.05, 0) is 50.2 Å². The number of nitrogens with zero attached hydrogens (tertiary/aromatic N) is 4. The molecule has 0 saturated carbocycles. The van der Waals surface area contributed by atoms with Crippen LogP contribution in [0.2, 0.25) is 10.0 Å². The van der Waals surface area contributed by atoms with Gasteiger partial charge in [-0.15, -0.1) is 5.10 Å². The first-order valence-electron chi connectivity index (χ1n) is 9.03. The molecule has 0 atom stereocenters. The molecule has 1 fully saturated rings. The second kappa shape index (κ2) is 8.34. The molecule has 0 bridgehead atoms. The number of benzene rings is 1. The highest BCUT2D eigenvalue weighted by Gasteiger charge is 2.17. The minimum absolute atomic E-state index is 0.186. The highest BCUT2D eigenvalue weighted by molar-refractivity contribution is 6.35. The van der Waals surface area contributed by atoms with Gasteiger partial charge in [0, 0.05) is 15.6 Å². The van der Waals surface area contributed by atoms with Gasteiger partial charge in [0.1, 0.15) is 12.1 Å². The fraction of sp³-hybridized carbons (Fsp3) is 0.316. The number of furan rings is 1. The number of carbonyl (C=O) groups is 1. The van der Waals surface area contributed by atoms with Crippen LogP contribution in [0.4, 0.5) is 5.95 Å². The molecule has 7 nitrogen and oxygen atoms in total. The average molecular weight is 420 g/mol. The lowest BCUT2D eigenvalue weighted by atomic mass is 10.2. The number of likely N-dealkylation sites (tertiary alicyclic amines) is 1. The third-order valence-electron chi connectivity index (χ3n) is 4.61. The van der Waals surface area contributed by atoms with E-state index in [2.05, 4.69) is 20.3 Å². The Balaban J connectivity index is 1.38. The molecule has 1 aromatic carbocycles. The zero-order valence-corrected chi connectivity index (χ0v) is 16.6. The number of nitrogens with one attached hydrogen (secondary N) is 1. The van der Waals surface area contributed by atoms with E-state index in [1.165, 1.54) is 19.2 Å². The monoisotopic (exact) mass is 419 g/mol. The lowest BCUT2D eigenvalue weighted by Crippen LogP contribution is -2.18. The molecule has 2 aromatic heterocycles. The first-order chi connectivity index (χ1) is 13.6. The van der Waals surface area contributed by atoms with Gasteiger partial charge in [0.2, 0.25) is 5.95 Å². The minimum atomic E-state index is -0.388. The maximum atomic E-state index is 12.4. The Labute approximate surface area is 172 Å². The van der Waals surface area contributed by atoms with Crippen LogP contribution in [0.15, 0.2) is 41.1 Å². The summed E-state index contributed by atoms with van der Waals surface area (Å²) in [6, 6.07) is 8.81. The van der Waals surface area contributed by atoms with Crippen molar-refractivity contribution in [3.05, 3.63) is 63.8 Å². The number of amides is 1. The summed E-state index contributed by atoms with van der Waals surface area (Å²) in [4.78, 5) is 18.8. The Bertz CT molecular complexity index is 958. The fourth-order valence-electron chi connectivity index (χ4n) is 3.18. The Morgan fingerprint density at radius 1 is 1.11 bits per heavy atom. The second-order valence-electron chi connectivity index (χ2n) is 6.67. The van der Waals surface area contributed by atoms with Gasteiger partial charge in [-0.1, -0.05) is 29.3 Å². The highest BCUT2D eigenvalue weighted by Crippen LogP contribution is 2.25. The van der Waals surface area contributed by atoms with Crippen LogP contribution in [-0.4, -0.2) is 38.7 Å². The van der Waals surface area contributed by atoms with E-state index >= 15 is 0 Å². The summed E-state index contributed by atoms with van der Waals surface area (Å²) < 4.78 is 7.22. The number of hydrogen-bond acceptors (Lipinski definition) is 5. The van der Waals surface area contributed by atoms with Crippen molar-refractivity contribution in [2.24, 2.45) is 0 Å². The molecular formula is C19H19Cl2N5O2. The molecule has 1 N–H and O–H groups in total. The van der Waals surface area contributed by atoms with Gasteiger partial charge in [0.25, 0.3) is 5.91 Å². The van der Waals surface area contributed by atoms with Crippen LogP contribution in [0, 0.1) is 0 Å². The standard InChI is InChI=1S/C19H19Cl2N5O2/c20-15-4-3-5-16(21)14(15)11-26-12-22-19(24-26)23-18(27)17-7-6-13(28-17)10-25-8-1-2-9-25/h3-7,12H,1-2,8-11H2,(H,23,24,27). The van der Waals surface area contributed by atoms with Crippen molar-refractivity contribution in [2.45, 2.75) is 25.9 Å². The number of halogens is 2. The number of rotatable bonds is 6. The lowest BCUT2D eigenvalue weighted by molar-refractivity contribution is 0.0992. The van der Waals surface area contributed by atoms with Gasteiger partial charge in [-0.2, -0.15) is 0 Å². The van der Waals surface area contributed by atoms with Gasteiger partial charge in [0.15, 0.2) is 5.76 Å². The fourth-order valence-corrected chi connectivity index (χ4v) is 3.70. The summed E-state index contributed by atoms with van der Waals surface area (Å²) in [5.41, 5.74) is 0.742. The lowest BCUT2D eigenvalue weighted by Gasteiger charge is -2.11. The Kier molecular flexibility index (Phi) is 5.66. The molecule has 0 spiro atoms. The molecule has 1 saturated heterocycles. The molecule has 3 heterocycles. The third-order valence-corrected chi connectivity index (χ3v) is 5.32. The van der Waals surface area contributed by atoms with Gasteiger partial charge in [-0.25, -0.2) is 9.67 Å². The summed E-state index contributed by atoms with van der Waals surface area (Å²) in [6.07, 6.45) is 3.93. The van der Waals surface area contributed by atoms with E-state index < -0.39 is 0 Å². The molecule has 0 unspecified atom stereocenters. The Morgan fingerprint density at radius 2 is 1.86 bits per heavy atom. The summed E-state index contributed by atoms with van der Waals surface area (Å²) in [5, 5.41) is 8.00. The number of hydrogen-bond donors (Lipinski definition) is 1. The Hall–Kier alpha value is -2.35. The molecule has 9 heteroatoms. The molecule has 28 heavy (non-hydrogen) atoms. The van der Waals surface area contributed by atoms with Crippen LogP contribution in [0.3, 0.4) is 0 Å². The summed E-state index contributed by atoms with van der Waals surface area (Å²) >= 11 is 12.4. The van der Waals surface area contributed by atoms with Gasteiger partial charge in [0.05, 0.1) is 13.1 Å². The predicted molar refractivity (Wildman–Crippen MR) is 107 cm³/mol. The van der Waals surface area contributed by atoms with Crippen molar-refractivity contribution in [1.82, 2.24) is 19.7 Å². The minimum Gasteiger partial charge on any atom is -0.455 e.